The molecule has 0 radical (unpaired) electrons. The summed E-state index contributed by atoms with van der Waals surface area (Å²) in [6, 6.07) is 5.90. The highest BCUT2D eigenvalue weighted by Crippen LogP contribution is 2.24. The Kier molecular flexibility index (Phi) is 5.35. The summed E-state index contributed by atoms with van der Waals surface area (Å²) in [4.78, 5) is 0. The first-order valence-electron chi connectivity index (χ1n) is 5.20. The summed E-state index contributed by atoms with van der Waals surface area (Å²) >= 11 is 0. The van der Waals surface area contributed by atoms with Gasteiger partial charge in [-0.3, -0.25) is 0 Å². The molecule has 0 amide bonds. The largest absolute Gasteiger partial charge is 0.388 e. The zero-order chi connectivity index (χ0) is 12.0. The van der Waals surface area contributed by atoms with E-state index in [0.29, 0.717) is 25.0 Å². The van der Waals surface area contributed by atoms with Gasteiger partial charge in [-0.05, 0) is 24.5 Å². The van der Waals surface area contributed by atoms with Crippen LogP contribution in [0.5, 0.6) is 0 Å². The van der Waals surface area contributed by atoms with Crippen molar-refractivity contribution in [2.24, 2.45) is 0 Å². The van der Waals surface area contributed by atoms with E-state index in [9.17, 15) is 13.9 Å². The van der Waals surface area contributed by atoms with E-state index in [1.165, 1.54) is 18.2 Å². The van der Waals surface area contributed by atoms with E-state index < -0.39 is 12.5 Å². The molecule has 0 aliphatic heterocycles. The molecule has 0 saturated carbocycles. The molecule has 1 N–H and O–H groups in total. The van der Waals surface area contributed by atoms with Gasteiger partial charge in [0, 0.05) is 19.3 Å². The molecule has 1 aromatic rings. The predicted molar refractivity (Wildman–Crippen MR) is 57.5 cm³/mol. The fourth-order valence-corrected chi connectivity index (χ4v) is 1.49. The van der Waals surface area contributed by atoms with Gasteiger partial charge in [-0.1, -0.05) is 18.2 Å². The van der Waals surface area contributed by atoms with Gasteiger partial charge in [-0.15, -0.1) is 0 Å². The second-order valence-corrected chi connectivity index (χ2v) is 3.62. The standard InChI is InChI=1S/C12H16F2O2/c1-16-7-3-6-11(15)9-4-2-5-10(8-9)12(13)14/h2,4-5,8,11-12,15H,3,6-7H2,1H3. The van der Waals surface area contributed by atoms with Gasteiger partial charge in [0.15, 0.2) is 0 Å². The lowest BCUT2D eigenvalue weighted by molar-refractivity contribution is 0.134. The van der Waals surface area contributed by atoms with Gasteiger partial charge in [0.2, 0.25) is 0 Å². The summed E-state index contributed by atoms with van der Waals surface area (Å²) < 4.78 is 29.7. The number of aliphatic hydroxyl groups excluding tert-OH is 1. The summed E-state index contributed by atoms with van der Waals surface area (Å²) in [5, 5.41) is 9.75. The minimum Gasteiger partial charge on any atom is -0.388 e. The molecule has 1 aromatic carbocycles. The Morgan fingerprint density at radius 1 is 1.31 bits per heavy atom. The van der Waals surface area contributed by atoms with Gasteiger partial charge in [0.25, 0.3) is 6.43 Å². The molecule has 16 heavy (non-hydrogen) atoms. The Balaban J connectivity index is 2.60. The van der Waals surface area contributed by atoms with Gasteiger partial charge in [-0.25, -0.2) is 8.78 Å². The van der Waals surface area contributed by atoms with E-state index in [1.807, 2.05) is 0 Å². The Labute approximate surface area is 93.9 Å². The topological polar surface area (TPSA) is 29.5 Å². The Morgan fingerprint density at radius 2 is 2.00 bits per heavy atom. The maximum absolute atomic E-state index is 12.4. The lowest BCUT2D eigenvalue weighted by atomic mass is 10.0. The van der Waals surface area contributed by atoms with Crippen LogP contribution in [0.2, 0.25) is 0 Å². The lowest BCUT2D eigenvalue weighted by Gasteiger charge is -2.11. The first-order valence-corrected chi connectivity index (χ1v) is 5.20. The zero-order valence-electron chi connectivity index (χ0n) is 9.20. The van der Waals surface area contributed by atoms with Crippen LogP contribution in [0.1, 0.15) is 36.5 Å². The van der Waals surface area contributed by atoms with Gasteiger partial charge in [0.1, 0.15) is 0 Å². The van der Waals surface area contributed by atoms with Crippen LogP contribution in [0, 0.1) is 0 Å². The maximum atomic E-state index is 12.4. The summed E-state index contributed by atoms with van der Waals surface area (Å²) in [7, 11) is 1.59. The number of hydrogen-bond acceptors (Lipinski definition) is 2. The SMILES string of the molecule is COCCCC(O)c1cccc(C(F)F)c1. The minimum atomic E-state index is -2.49. The number of alkyl halides is 2. The highest BCUT2D eigenvalue weighted by Gasteiger charge is 2.11. The van der Waals surface area contributed by atoms with Crippen molar-refractivity contribution in [1.29, 1.82) is 0 Å². The molecule has 0 aromatic heterocycles. The molecule has 90 valence electrons. The fraction of sp³-hybridized carbons (Fsp3) is 0.500. The smallest absolute Gasteiger partial charge is 0.263 e. The number of rotatable bonds is 6. The van der Waals surface area contributed by atoms with E-state index in [2.05, 4.69) is 0 Å². The third-order valence-electron chi connectivity index (χ3n) is 2.37. The van der Waals surface area contributed by atoms with Crippen LogP contribution in [0.4, 0.5) is 8.78 Å². The lowest BCUT2D eigenvalue weighted by Crippen LogP contribution is -2.00. The zero-order valence-corrected chi connectivity index (χ0v) is 9.20. The van der Waals surface area contributed by atoms with Crippen molar-refractivity contribution in [2.75, 3.05) is 13.7 Å². The summed E-state index contributed by atoms with van der Waals surface area (Å²) in [6.07, 6.45) is -1.98. The normalized spacial score (nSPS) is 13.1. The van der Waals surface area contributed by atoms with Crippen molar-refractivity contribution < 1.29 is 18.6 Å². The average molecular weight is 230 g/mol. The Hall–Kier alpha value is -1.00. The third kappa shape index (κ3) is 3.87. The van der Waals surface area contributed by atoms with Crippen molar-refractivity contribution in [2.45, 2.75) is 25.4 Å². The van der Waals surface area contributed by atoms with Gasteiger partial charge < -0.3 is 9.84 Å². The quantitative estimate of drug-likeness (QED) is 0.761. The molecule has 0 saturated heterocycles. The van der Waals surface area contributed by atoms with Gasteiger partial charge in [0.05, 0.1) is 6.10 Å². The summed E-state index contributed by atoms with van der Waals surface area (Å²) in [6.45, 7) is 0.561. The molecule has 0 aliphatic carbocycles. The fourth-order valence-electron chi connectivity index (χ4n) is 1.49. The molecule has 0 spiro atoms. The van der Waals surface area contributed by atoms with Crippen LogP contribution >= 0.6 is 0 Å². The number of benzene rings is 1. The van der Waals surface area contributed by atoms with E-state index >= 15 is 0 Å². The third-order valence-corrected chi connectivity index (χ3v) is 2.37. The first-order chi connectivity index (χ1) is 7.65. The molecule has 2 nitrogen and oxygen atoms in total. The van der Waals surface area contributed by atoms with E-state index in [1.54, 1.807) is 13.2 Å². The highest BCUT2D eigenvalue weighted by atomic mass is 19.3. The van der Waals surface area contributed by atoms with Crippen molar-refractivity contribution >= 4 is 0 Å². The maximum Gasteiger partial charge on any atom is 0.263 e. The van der Waals surface area contributed by atoms with Crippen molar-refractivity contribution in [3.05, 3.63) is 35.4 Å². The van der Waals surface area contributed by atoms with Crippen LogP contribution in [-0.2, 0) is 4.74 Å². The van der Waals surface area contributed by atoms with E-state index in [4.69, 9.17) is 4.74 Å². The van der Waals surface area contributed by atoms with Gasteiger partial charge >= 0.3 is 0 Å². The number of methoxy groups -OCH3 is 1. The molecule has 1 unspecified atom stereocenters. The number of aliphatic hydroxyl groups is 1. The van der Waals surface area contributed by atoms with E-state index in [-0.39, 0.29) is 5.56 Å². The first kappa shape index (κ1) is 13.1. The Morgan fingerprint density at radius 3 is 2.62 bits per heavy atom. The molecule has 0 heterocycles. The van der Waals surface area contributed by atoms with Crippen LogP contribution in [0.25, 0.3) is 0 Å². The second-order valence-electron chi connectivity index (χ2n) is 3.62. The van der Waals surface area contributed by atoms with Crippen molar-refractivity contribution in [1.82, 2.24) is 0 Å². The van der Waals surface area contributed by atoms with Crippen LogP contribution in [0.3, 0.4) is 0 Å². The van der Waals surface area contributed by atoms with Crippen LogP contribution < -0.4 is 0 Å². The molecular formula is C12H16F2O2. The molecular weight excluding hydrogens is 214 g/mol. The van der Waals surface area contributed by atoms with Crippen molar-refractivity contribution in [3.63, 3.8) is 0 Å². The average Bonchev–Trinajstić information content (AvgIpc) is 2.29. The minimum absolute atomic E-state index is 0.0525. The summed E-state index contributed by atoms with van der Waals surface area (Å²) in [5.41, 5.74) is 0.484. The molecule has 4 heteroatoms. The van der Waals surface area contributed by atoms with Crippen LogP contribution in [0.15, 0.2) is 24.3 Å². The molecule has 0 bridgehead atoms. The number of halogens is 2. The number of hydrogen-bond donors (Lipinski definition) is 1. The van der Waals surface area contributed by atoms with Gasteiger partial charge in [-0.2, -0.15) is 0 Å². The van der Waals surface area contributed by atoms with Crippen LogP contribution in [-0.4, -0.2) is 18.8 Å². The highest BCUT2D eigenvalue weighted by molar-refractivity contribution is 5.25. The monoisotopic (exact) mass is 230 g/mol. The Bertz CT molecular complexity index is 316. The molecule has 1 atom stereocenters. The molecule has 0 fully saturated rings. The van der Waals surface area contributed by atoms with Crippen molar-refractivity contribution in [3.8, 4) is 0 Å². The summed E-state index contributed by atoms with van der Waals surface area (Å²) in [5.74, 6) is 0. The molecule has 1 rings (SSSR count). The molecule has 0 aliphatic rings. The number of ether oxygens (including phenoxy) is 1. The second kappa shape index (κ2) is 6.55. The predicted octanol–water partition coefficient (Wildman–Crippen LogP) is 3.08. The van der Waals surface area contributed by atoms with E-state index in [0.717, 1.165) is 0 Å².